The Hall–Kier alpha value is -2.43. The number of carbonyl (C=O) groups is 1. The van der Waals surface area contributed by atoms with Gasteiger partial charge >= 0.3 is 6.03 Å². The van der Waals surface area contributed by atoms with Crippen molar-refractivity contribution in [3.63, 3.8) is 0 Å². The number of furan rings is 1. The van der Waals surface area contributed by atoms with Crippen LogP contribution in [0.15, 0.2) is 47.3 Å². The molecule has 2 amide bonds. The Kier molecular flexibility index (Phi) is 4.07. The maximum atomic E-state index is 11.2. The predicted molar refractivity (Wildman–Crippen MR) is 75.3 cm³/mol. The van der Waals surface area contributed by atoms with Gasteiger partial charge in [-0.3, -0.25) is 0 Å². The second-order valence-electron chi connectivity index (χ2n) is 4.20. The smallest absolute Gasteiger partial charge is 0.318 e. The van der Waals surface area contributed by atoms with E-state index >= 15 is 0 Å². The van der Waals surface area contributed by atoms with Crippen LogP contribution in [0.2, 0.25) is 0 Å². The van der Waals surface area contributed by atoms with Crippen molar-refractivity contribution in [1.29, 1.82) is 0 Å². The van der Waals surface area contributed by atoms with Crippen LogP contribution < -0.4 is 16.0 Å². The average Bonchev–Trinajstić information content (AvgIpc) is 2.95. The summed E-state index contributed by atoms with van der Waals surface area (Å²) in [5.41, 5.74) is 2.82. The van der Waals surface area contributed by atoms with Gasteiger partial charge in [-0.25, -0.2) is 4.79 Å². The van der Waals surface area contributed by atoms with Gasteiger partial charge in [-0.15, -0.1) is 0 Å². The normalized spacial score (nSPS) is 11.7. The lowest BCUT2D eigenvalue weighted by Crippen LogP contribution is -2.24. The minimum absolute atomic E-state index is 0.163. The number of rotatable bonds is 4. The highest BCUT2D eigenvalue weighted by Crippen LogP contribution is 2.20. The third kappa shape index (κ3) is 3.51. The lowest BCUT2D eigenvalue weighted by Gasteiger charge is -2.14. The number of nitrogens with one attached hydrogen (secondary N) is 3. The molecule has 0 saturated carbocycles. The Bertz CT molecular complexity index is 520. The molecule has 0 fully saturated rings. The molecule has 1 atom stereocenters. The van der Waals surface area contributed by atoms with E-state index in [1.807, 2.05) is 30.3 Å². The number of urea groups is 1. The summed E-state index contributed by atoms with van der Waals surface area (Å²) >= 11 is 0. The summed E-state index contributed by atoms with van der Waals surface area (Å²) < 4.78 is 5.05. The number of hydrogen-bond acceptors (Lipinski definition) is 3. The van der Waals surface area contributed by atoms with Crippen LogP contribution in [-0.4, -0.2) is 13.1 Å². The molecule has 5 heteroatoms. The van der Waals surface area contributed by atoms with E-state index in [9.17, 15) is 4.79 Å². The molecule has 0 bridgehead atoms. The molecule has 0 radical (unpaired) electrons. The summed E-state index contributed by atoms with van der Waals surface area (Å²) in [6.07, 6.45) is 3.38. The van der Waals surface area contributed by atoms with Crippen molar-refractivity contribution >= 4 is 17.4 Å². The molecule has 1 heterocycles. The summed E-state index contributed by atoms with van der Waals surface area (Å²) in [5, 5.41) is 8.56. The Labute approximate surface area is 112 Å². The van der Waals surface area contributed by atoms with Gasteiger partial charge < -0.3 is 20.4 Å². The van der Waals surface area contributed by atoms with Gasteiger partial charge in [0.25, 0.3) is 0 Å². The average molecular weight is 259 g/mol. The van der Waals surface area contributed by atoms with Gasteiger partial charge in [0.05, 0.1) is 18.6 Å². The predicted octanol–water partition coefficient (Wildman–Crippen LogP) is 3.20. The molecule has 19 heavy (non-hydrogen) atoms. The largest absolute Gasteiger partial charge is 0.472 e. The van der Waals surface area contributed by atoms with E-state index in [1.165, 1.54) is 0 Å². The van der Waals surface area contributed by atoms with Crippen LogP contribution in [0.3, 0.4) is 0 Å². The zero-order chi connectivity index (χ0) is 13.7. The zero-order valence-corrected chi connectivity index (χ0v) is 10.9. The summed E-state index contributed by atoms with van der Waals surface area (Å²) in [6.45, 7) is 2.06. The number of benzene rings is 1. The fourth-order valence-corrected chi connectivity index (χ4v) is 1.70. The van der Waals surface area contributed by atoms with Gasteiger partial charge in [0.1, 0.15) is 0 Å². The minimum Gasteiger partial charge on any atom is -0.472 e. The van der Waals surface area contributed by atoms with E-state index in [4.69, 9.17) is 4.42 Å². The molecule has 0 aliphatic rings. The monoisotopic (exact) mass is 259 g/mol. The van der Waals surface area contributed by atoms with Crippen molar-refractivity contribution in [3.05, 3.63) is 48.4 Å². The van der Waals surface area contributed by atoms with Crippen molar-refractivity contribution in [1.82, 2.24) is 5.32 Å². The number of amides is 2. The van der Waals surface area contributed by atoms with Crippen LogP contribution in [0.25, 0.3) is 0 Å². The summed E-state index contributed by atoms with van der Waals surface area (Å²) in [4.78, 5) is 11.2. The van der Waals surface area contributed by atoms with Gasteiger partial charge in [-0.05, 0) is 37.3 Å². The van der Waals surface area contributed by atoms with E-state index in [-0.39, 0.29) is 12.1 Å². The van der Waals surface area contributed by atoms with Crippen LogP contribution in [0.1, 0.15) is 18.5 Å². The molecule has 5 nitrogen and oxygen atoms in total. The SMILES string of the molecule is CNC(=O)Nc1ccc(NC(C)c2ccoc2)cc1. The van der Waals surface area contributed by atoms with Crippen LogP contribution in [-0.2, 0) is 0 Å². The van der Waals surface area contributed by atoms with Crippen molar-refractivity contribution in [3.8, 4) is 0 Å². The molecule has 0 aliphatic heterocycles. The number of anilines is 2. The molecular formula is C14H17N3O2. The second kappa shape index (κ2) is 5.95. The molecule has 100 valence electrons. The van der Waals surface area contributed by atoms with Gasteiger partial charge in [0.15, 0.2) is 0 Å². The molecule has 2 rings (SSSR count). The molecule has 0 aliphatic carbocycles. The Balaban J connectivity index is 1.97. The van der Waals surface area contributed by atoms with Gasteiger partial charge in [0, 0.05) is 24.0 Å². The highest BCUT2D eigenvalue weighted by atomic mass is 16.3. The van der Waals surface area contributed by atoms with E-state index in [2.05, 4.69) is 22.9 Å². The topological polar surface area (TPSA) is 66.3 Å². The van der Waals surface area contributed by atoms with Gasteiger partial charge in [-0.1, -0.05) is 0 Å². The van der Waals surface area contributed by atoms with Crippen LogP contribution >= 0.6 is 0 Å². The summed E-state index contributed by atoms with van der Waals surface area (Å²) in [7, 11) is 1.58. The Morgan fingerprint density at radius 2 is 1.84 bits per heavy atom. The molecule has 0 spiro atoms. The lowest BCUT2D eigenvalue weighted by molar-refractivity contribution is 0.254. The van der Waals surface area contributed by atoms with Crippen molar-refractivity contribution in [2.75, 3.05) is 17.7 Å². The van der Waals surface area contributed by atoms with Crippen molar-refractivity contribution in [2.24, 2.45) is 0 Å². The van der Waals surface area contributed by atoms with Crippen LogP contribution in [0.4, 0.5) is 16.2 Å². The van der Waals surface area contributed by atoms with Crippen LogP contribution in [0, 0.1) is 0 Å². The molecule has 1 aromatic heterocycles. The summed E-state index contributed by atoms with van der Waals surface area (Å²) in [6, 6.07) is 9.39. The van der Waals surface area contributed by atoms with E-state index in [1.54, 1.807) is 19.6 Å². The lowest BCUT2D eigenvalue weighted by atomic mass is 10.1. The Morgan fingerprint density at radius 1 is 1.16 bits per heavy atom. The highest BCUT2D eigenvalue weighted by Gasteiger charge is 2.06. The molecular weight excluding hydrogens is 242 g/mol. The van der Waals surface area contributed by atoms with E-state index in [0.29, 0.717) is 0 Å². The number of hydrogen-bond donors (Lipinski definition) is 3. The fourth-order valence-electron chi connectivity index (χ4n) is 1.70. The molecule has 2 aromatic rings. The van der Waals surface area contributed by atoms with E-state index in [0.717, 1.165) is 16.9 Å². The van der Waals surface area contributed by atoms with Crippen LogP contribution in [0.5, 0.6) is 0 Å². The fraction of sp³-hybridized carbons (Fsp3) is 0.214. The van der Waals surface area contributed by atoms with Crippen molar-refractivity contribution < 1.29 is 9.21 Å². The quantitative estimate of drug-likeness (QED) is 0.790. The first-order chi connectivity index (χ1) is 9.19. The first kappa shape index (κ1) is 13.0. The van der Waals surface area contributed by atoms with Gasteiger partial charge in [0.2, 0.25) is 0 Å². The second-order valence-corrected chi connectivity index (χ2v) is 4.20. The molecule has 1 unspecified atom stereocenters. The maximum absolute atomic E-state index is 11.2. The maximum Gasteiger partial charge on any atom is 0.318 e. The minimum atomic E-state index is -0.229. The third-order valence-electron chi connectivity index (χ3n) is 2.80. The molecule has 0 saturated heterocycles. The zero-order valence-electron chi connectivity index (χ0n) is 10.9. The summed E-state index contributed by atoms with van der Waals surface area (Å²) in [5.74, 6) is 0. The first-order valence-electron chi connectivity index (χ1n) is 6.06. The highest BCUT2D eigenvalue weighted by molar-refractivity contribution is 5.89. The Morgan fingerprint density at radius 3 is 2.42 bits per heavy atom. The van der Waals surface area contributed by atoms with Crippen molar-refractivity contribution in [2.45, 2.75) is 13.0 Å². The van der Waals surface area contributed by atoms with Gasteiger partial charge in [-0.2, -0.15) is 0 Å². The van der Waals surface area contributed by atoms with E-state index < -0.39 is 0 Å². The third-order valence-corrected chi connectivity index (χ3v) is 2.80. The molecule has 1 aromatic carbocycles. The molecule has 3 N–H and O–H groups in total. The number of carbonyl (C=O) groups excluding carboxylic acids is 1. The first-order valence-corrected chi connectivity index (χ1v) is 6.06. The standard InChI is InChI=1S/C14H17N3O2/c1-10(11-7-8-19-9-11)16-12-3-5-13(6-4-12)17-14(18)15-2/h3-10,16H,1-2H3,(H2,15,17,18).